The predicted octanol–water partition coefficient (Wildman–Crippen LogP) is 2.36. The van der Waals surface area contributed by atoms with Gasteiger partial charge in [-0.05, 0) is 18.6 Å². The van der Waals surface area contributed by atoms with E-state index in [1.165, 1.54) is 31.0 Å². The Labute approximate surface area is 127 Å². The number of ether oxygens (including phenoxy) is 1. The number of likely N-dealkylation sites (tertiary alicyclic amines) is 1. The van der Waals surface area contributed by atoms with Crippen LogP contribution in [0.1, 0.15) is 20.3 Å². The molecule has 0 saturated carbocycles. The highest BCUT2D eigenvalue weighted by Crippen LogP contribution is 2.16. The van der Waals surface area contributed by atoms with Crippen molar-refractivity contribution in [3.63, 3.8) is 0 Å². The molecule has 0 aliphatic carbocycles. The van der Waals surface area contributed by atoms with Crippen LogP contribution in [0.15, 0.2) is 35.2 Å². The third-order valence-corrected chi connectivity index (χ3v) is 4.89. The minimum Gasteiger partial charge on any atom is -0.375 e. The van der Waals surface area contributed by atoms with E-state index in [0.29, 0.717) is 0 Å². The molecule has 0 aromatic heterocycles. The monoisotopic (exact) mass is 294 g/mol. The molecule has 3 heteroatoms. The summed E-state index contributed by atoms with van der Waals surface area (Å²) in [7, 11) is 0. The van der Waals surface area contributed by atoms with Crippen LogP contribution in [-0.4, -0.2) is 38.6 Å². The lowest BCUT2D eigenvalue weighted by Crippen LogP contribution is -3.14. The lowest BCUT2D eigenvalue weighted by molar-refractivity contribution is -0.912. The molecule has 2 nitrogen and oxygen atoms in total. The number of hydrogen-bond donors (Lipinski definition) is 1. The number of hydrogen-bond acceptors (Lipinski definition) is 2. The zero-order valence-electron chi connectivity index (χ0n) is 12.8. The van der Waals surface area contributed by atoms with E-state index < -0.39 is 0 Å². The Morgan fingerprint density at radius 3 is 2.50 bits per heavy atom. The molecule has 0 amide bonds. The summed E-state index contributed by atoms with van der Waals surface area (Å²) in [6, 6.07) is 10.6. The van der Waals surface area contributed by atoms with Crippen LogP contribution in [0.5, 0.6) is 0 Å². The standard InChI is InChI=1S/C17H27NOS/c1-15-12-16(2)14-18(13-15)8-9-19-10-11-20-17-6-4-3-5-7-17/h3-7,15-16H,8-14H2,1-2H3/p+1/t15-,16-/m0/s1. The Hall–Kier alpha value is -0.510. The van der Waals surface area contributed by atoms with Crippen LogP contribution in [0, 0.1) is 11.8 Å². The quantitative estimate of drug-likeness (QED) is 0.613. The SMILES string of the molecule is C[C@H]1C[C@H](C)C[NH+](CCOCCSc2ccccc2)C1. The Balaban J connectivity index is 1.51. The van der Waals surface area contributed by atoms with Crippen molar-refractivity contribution in [2.24, 2.45) is 11.8 Å². The van der Waals surface area contributed by atoms with Crippen LogP contribution < -0.4 is 4.90 Å². The van der Waals surface area contributed by atoms with Crippen LogP contribution >= 0.6 is 11.8 Å². The molecule has 0 radical (unpaired) electrons. The Bertz CT molecular complexity index is 361. The largest absolute Gasteiger partial charge is 0.375 e. The summed E-state index contributed by atoms with van der Waals surface area (Å²) in [5, 5.41) is 0. The molecule has 2 atom stereocenters. The van der Waals surface area contributed by atoms with Gasteiger partial charge in [0, 0.05) is 22.5 Å². The summed E-state index contributed by atoms with van der Waals surface area (Å²) >= 11 is 1.88. The highest BCUT2D eigenvalue weighted by Gasteiger charge is 2.24. The van der Waals surface area contributed by atoms with E-state index in [-0.39, 0.29) is 0 Å². The minimum atomic E-state index is 0.859. The highest BCUT2D eigenvalue weighted by atomic mass is 32.2. The molecule has 1 N–H and O–H groups in total. The number of thioether (sulfide) groups is 1. The molecule has 1 aliphatic rings. The van der Waals surface area contributed by atoms with Gasteiger partial charge in [-0.1, -0.05) is 32.0 Å². The van der Waals surface area contributed by atoms with E-state index >= 15 is 0 Å². The van der Waals surface area contributed by atoms with Gasteiger partial charge in [-0.15, -0.1) is 11.8 Å². The van der Waals surface area contributed by atoms with E-state index in [4.69, 9.17) is 4.74 Å². The Kier molecular flexibility index (Phi) is 6.91. The summed E-state index contributed by atoms with van der Waals surface area (Å²) in [5.74, 6) is 2.80. The molecule has 1 heterocycles. The zero-order chi connectivity index (χ0) is 14.2. The minimum absolute atomic E-state index is 0.859. The van der Waals surface area contributed by atoms with Gasteiger partial charge in [0.15, 0.2) is 0 Å². The number of piperidine rings is 1. The fraction of sp³-hybridized carbons (Fsp3) is 0.647. The normalized spacial score (nSPS) is 26.6. The molecule has 1 aromatic carbocycles. The maximum atomic E-state index is 5.79. The van der Waals surface area contributed by atoms with Crippen molar-refractivity contribution in [2.75, 3.05) is 38.6 Å². The van der Waals surface area contributed by atoms with Gasteiger partial charge < -0.3 is 9.64 Å². The van der Waals surface area contributed by atoms with Crippen LogP contribution in [0.4, 0.5) is 0 Å². The van der Waals surface area contributed by atoms with Crippen LogP contribution in [-0.2, 0) is 4.74 Å². The average Bonchev–Trinajstić information content (AvgIpc) is 2.43. The smallest absolute Gasteiger partial charge is 0.101 e. The van der Waals surface area contributed by atoms with Crippen LogP contribution in [0.25, 0.3) is 0 Å². The molecule has 20 heavy (non-hydrogen) atoms. The summed E-state index contributed by atoms with van der Waals surface area (Å²) in [6.45, 7) is 10.4. The fourth-order valence-electron chi connectivity index (χ4n) is 3.18. The van der Waals surface area contributed by atoms with Crippen molar-refractivity contribution in [2.45, 2.75) is 25.2 Å². The van der Waals surface area contributed by atoms with Crippen molar-refractivity contribution in [3.05, 3.63) is 30.3 Å². The number of benzene rings is 1. The van der Waals surface area contributed by atoms with Crippen molar-refractivity contribution in [1.82, 2.24) is 0 Å². The van der Waals surface area contributed by atoms with E-state index in [1.54, 1.807) is 4.90 Å². The van der Waals surface area contributed by atoms with Gasteiger partial charge in [0.05, 0.1) is 26.3 Å². The van der Waals surface area contributed by atoms with Crippen molar-refractivity contribution in [1.29, 1.82) is 0 Å². The third-order valence-electron chi connectivity index (χ3n) is 3.92. The highest BCUT2D eigenvalue weighted by molar-refractivity contribution is 7.99. The first-order chi connectivity index (χ1) is 9.74. The first-order valence-corrected chi connectivity index (χ1v) is 8.81. The van der Waals surface area contributed by atoms with Gasteiger partial charge in [-0.25, -0.2) is 0 Å². The molecule has 0 spiro atoms. The molecule has 1 fully saturated rings. The summed E-state index contributed by atoms with van der Waals surface area (Å²) in [5.41, 5.74) is 0. The number of quaternary nitrogens is 1. The average molecular weight is 294 g/mol. The molecule has 1 saturated heterocycles. The van der Waals surface area contributed by atoms with Gasteiger partial charge in [0.1, 0.15) is 6.54 Å². The van der Waals surface area contributed by atoms with Crippen molar-refractivity contribution >= 4 is 11.8 Å². The first-order valence-electron chi connectivity index (χ1n) is 7.83. The lowest BCUT2D eigenvalue weighted by atomic mass is 9.92. The fourth-order valence-corrected chi connectivity index (χ4v) is 3.97. The first kappa shape index (κ1) is 15.9. The van der Waals surface area contributed by atoms with E-state index in [2.05, 4.69) is 44.2 Å². The molecular formula is C17H28NOS+. The van der Waals surface area contributed by atoms with Gasteiger partial charge in [0.25, 0.3) is 0 Å². The van der Waals surface area contributed by atoms with Crippen LogP contribution in [0.3, 0.4) is 0 Å². The molecule has 112 valence electrons. The van der Waals surface area contributed by atoms with E-state index in [1.807, 2.05) is 11.8 Å². The van der Waals surface area contributed by atoms with Crippen molar-refractivity contribution in [3.8, 4) is 0 Å². The van der Waals surface area contributed by atoms with E-state index in [0.717, 1.165) is 30.8 Å². The van der Waals surface area contributed by atoms with Gasteiger partial charge in [-0.3, -0.25) is 0 Å². The molecule has 2 rings (SSSR count). The lowest BCUT2D eigenvalue weighted by Gasteiger charge is -2.31. The van der Waals surface area contributed by atoms with Gasteiger partial charge >= 0.3 is 0 Å². The van der Waals surface area contributed by atoms with Crippen molar-refractivity contribution < 1.29 is 9.64 Å². The van der Waals surface area contributed by atoms with E-state index in [9.17, 15) is 0 Å². The Morgan fingerprint density at radius 2 is 1.80 bits per heavy atom. The number of rotatable bonds is 7. The number of nitrogens with one attached hydrogen (secondary N) is 1. The maximum Gasteiger partial charge on any atom is 0.101 e. The Morgan fingerprint density at radius 1 is 1.10 bits per heavy atom. The summed E-state index contributed by atoms with van der Waals surface area (Å²) in [6.07, 6.45) is 1.40. The topological polar surface area (TPSA) is 13.7 Å². The molecule has 0 unspecified atom stereocenters. The molecule has 1 aromatic rings. The second-order valence-corrected chi connectivity index (χ2v) is 7.30. The maximum absolute atomic E-state index is 5.79. The summed E-state index contributed by atoms with van der Waals surface area (Å²) < 4.78 is 5.79. The van der Waals surface area contributed by atoms with Gasteiger partial charge in [0.2, 0.25) is 0 Å². The summed E-state index contributed by atoms with van der Waals surface area (Å²) in [4.78, 5) is 3.06. The third kappa shape index (κ3) is 5.86. The second kappa shape index (κ2) is 8.71. The van der Waals surface area contributed by atoms with Crippen LogP contribution in [0.2, 0.25) is 0 Å². The second-order valence-electron chi connectivity index (χ2n) is 6.13. The zero-order valence-corrected chi connectivity index (χ0v) is 13.6. The predicted molar refractivity (Wildman–Crippen MR) is 86.5 cm³/mol. The molecule has 0 bridgehead atoms. The molecular weight excluding hydrogens is 266 g/mol. The van der Waals surface area contributed by atoms with Gasteiger partial charge in [-0.2, -0.15) is 0 Å². The molecule has 1 aliphatic heterocycles.